The lowest BCUT2D eigenvalue weighted by Gasteiger charge is -2.24. The van der Waals surface area contributed by atoms with Gasteiger partial charge in [0.1, 0.15) is 5.88 Å². The molecular formula is C14H19ClN2O. The average Bonchev–Trinajstić information content (AvgIpc) is 2.84. The van der Waals surface area contributed by atoms with Crippen LogP contribution in [0.5, 0.6) is 0 Å². The fourth-order valence-electron chi connectivity index (χ4n) is 2.43. The van der Waals surface area contributed by atoms with E-state index in [-0.39, 0.29) is 11.8 Å². The molecule has 4 heteroatoms. The molecule has 1 saturated heterocycles. The summed E-state index contributed by atoms with van der Waals surface area (Å²) in [6.45, 7) is 2.77. The highest BCUT2D eigenvalue weighted by Gasteiger charge is 2.24. The van der Waals surface area contributed by atoms with E-state index < -0.39 is 0 Å². The van der Waals surface area contributed by atoms with E-state index in [1.165, 1.54) is 12.0 Å². The van der Waals surface area contributed by atoms with Crippen molar-refractivity contribution < 1.29 is 4.79 Å². The Kier molecular flexibility index (Phi) is 5.02. The van der Waals surface area contributed by atoms with Crippen LogP contribution in [0, 0.1) is 0 Å². The first-order valence-electron chi connectivity index (χ1n) is 6.40. The smallest absolute Gasteiger partial charge is 0.234 e. The molecular weight excluding hydrogens is 248 g/mol. The van der Waals surface area contributed by atoms with Crippen molar-refractivity contribution in [3.8, 4) is 0 Å². The van der Waals surface area contributed by atoms with Gasteiger partial charge < -0.3 is 5.32 Å². The highest BCUT2D eigenvalue weighted by atomic mass is 35.5. The second kappa shape index (κ2) is 6.76. The van der Waals surface area contributed by atoms with Crippen LogP contribution in [0.15, 0.2) is 30.3 Å². The molecule has 1 aliphatic rings. The number of rotatable bonds is 5. The summed E-state index contributed by atoms with van der Waals surface area (Å²) >= 11 is 5.48. The van der Waals surface area contributed by atoms with Crippen LogP contribution in [-0.4, -0.2) is 35.8 Å². The number of hydrogen-bond acceptors (Lipinski definition) is 2. The van der Waals surface area contributed by atoms with Crippen LogP contribution in [0.3, 0.4) is 0 Å². The van der Waals surface area contributed by atoms with E-state index in [1.54, 1.807) is 0 Å². The summed E-state index contributed by atoms with van der Waals surface area (Å²) in [4.78, 5) is 13.6. The van der Waals surface area contributed by atoms with Crippen LogP contribution in [0.4, 0.5) is 0 Å². The number of amides is 1. The number of nitrogens with one attached hydrogen (secondary N) is 1. The molecule has 1 aromatic rings. The number of nitrogens with zero attached hydrogens (tertiary/aromatic N) is 1. The Hall–Kier alpha value is -1.06. The number of carbonyl (C=O) groups excluding carboxylic acids is 1. The zero-order valence-corrected chi connectivity index (χ0v) is 11.2. The number of halogens is 1. The molecule has 1 aliphatic heterocycles. The van der Waals surface area contributed by atoms with Gasteiger partial charge in [0.25, 0.3) is 0 Å². The van der Waals surface area contributed by atoms with Crippen molar-refractivity contribution in [2.75, 3.05) is 19.0 Å². The predicted molar refractivity (Wildman–Crippen MR) is 73.6 cm³/mol. The van der Waals surface area contributed by atoms with Gasteiger partial charge in [0.15, 0.2) is 0 Å². The second-order valence-electron chi connectivity index (χ2n) is 4.69. The van der Waals surface area contributed by atoms with Gasteiger partial charge in [-0.25, -0.2) is 0 Å². The van der Waals surface area contributed by atoms with Crippen LogP contribution < -0.4 is 5.32 Å². The third-order valence-corrected chi connectivity index (χ3v) is 3.63. The van der Waals surface area contributed by atoms with E-state index in [4.69, 9.17) is 11.6 Å². The molecule has 0 radical (unpaired) electrons. The van der Waals surface area contributed by atoms with E-state index in [2.05, 4.69) is 34.5 Å². The molecule has 1 amide bonds. The first-order chi connectivity index (χ1) is 8.79. The summed E-state index contributed by atoms with van der Waals surface area (Å²) in [5, 5.41) is 2.88. The standard InChI is InChI=1S/C14H19ClN2O/c15-9-14(18)16-10-13-7-4-8-17(13)11-12-5-2-1-3-6-12/h1-3,5-6,13H,4,7-11H2,(H,16,18)/t13-/m1/s1. The van der Waals surface area contributed by atoms with Crippen molar-refractivity contribution in [1.29, 1.82) is 0 Å². The minimum Gasteiger partial charge on any atom is -0.353 e. The van der Waals surface area contributed by atoms with Crippen molar-refractivity contribution in [1.82, 2.24) is 10.2 Å². The number of carbonyl (C=O) groups is 1. The Balaban J connectivity index is 1.86. The van der Waals surface area contributed by atoms with Gasteiger partial charge in [-0.2, -0.15) is 0 Å². The van der Waals surface area contributed by atoms with Crippen molar-refractivity contribution in [2.45, 2.75) is 25.4 Å². The van der Waals surface area contributed by atoms with Gasteiger partial charge in [0.05, 0.1) is 0 Å². The largest absolute Gasteiger partial charge is 0.353 e. The van der Waals surface area contributed by atoms with Crippen LogP contribution in [0.2, 0.25) is 0 Å². The molecule has 0 aromatic heterocycles. The summed E-state index contributed by atoms with van der Waals surface area (Å²) in [6.07, 6.45) is 2.35. The molecule has 1 fully saturated rings. The summed E-state index contributed by atoms with van der Waals surface area (Å²) in [5.74, 6) is -0.0333. The maximum Gasteiger partial charge on any atom is 0.234 e. The highest BCUT2D eigenvalue weighted by Crippen LogP contribution is 2.19. The molecule has 0 unspecified atom stereocenters. The Bertz CT molecular complexity index is 383. The first kappa shape index (κ1) is 13.4. The van der Waals surface area contributed by atoms with E-state index in [0.29, 0.717) is 12.6 Å². The Morgan fingerprint density at radius 2 is 2.17 bits per heavy atom. The third kappa shape index (κ3) is 3.72. The maximum atomic E-state index is 11.2. The molecule has 3 nitrogen and oxygen atoms in total. The normalized spacial score (nSPS) is 19.9. The summed E-state index contributed by atoms with van der Waals surface area (Å²) < 4.78 is 0. The third-order valence-electron chi connectivity index (χ3n) is 3.38. The van der Waals surface area contributed by atoms with Crippen LogP contribution in [-0.2, 0) is 11.3 Å². The lowest BCUT2D eigenvalue weighted by atomic mass is 10.2. The Labute approximate surface area is 113 Å². The van der Waals surface area contributed by atoms with E-state index in [1.807, 2.05) is 6.07 Å². The van der Waals surface area contributed by atoms with Crippen molar-refractivity contribution in [3.63, 3.8) is 0 Å². The monoisotopic (exact) mass is 266 g/mol. The minimum absolute atomic E-state index is 0.0470. The van der Waals surface area contributed by atoms with E-state index in [9.17, 15) is 4.79 Å². The maximum absolute atomic E-state index is 11.2. The van der Waals surface area contributed by atoms with Gasteiger partial charge in [-0.05, 0) is 24.9 Å². The number of likely N-dealkylation sites (tertiary alicyclic amines) is 1. The SMILES string of the molecule is O=C(CCl)NC[C@H]1CCCN1Cc1ccccc1. The topological polar surface area (TPSA) is 32.3 Å². The van der Waals surface area contributed by atoms with Crippen LogP contribution in [0.1, 0.15) is 18.4 Å². The van der Waals surface area contributed by atoms with Crippen LogP contribution in [0.25, 0.3) is 0 Å². The molecule has 98 valence electrons. The van der Waals surface area contributed by atoms with E-state index in [0.717, 1.165) is 19.5 Å². The molecule has 0 aliphatic carbocycles. The summed E-state index contributed by atoms with van der Waals surface area (Å²) in [5.41, 5.74) is 1.33. The highest BCUT2D eigenvalue weighted by molar-refractivity contribution is 6.27. The molecule has 1 aromatic carbocycles. The fraction of sp³-hybridized carbons (Fsp3) is 0.500. The van der Waals surface area contributed by atoms with Crippen molar-refractivity contribution in [3.05, 3.63) is 35.9 Å². The first-order valence-corrected chi connectivity index (χ1v) is 6.93. The second-order valence-corrected chi connectivity index (χ2v) is 4.96. The van der Waals surface area contributed by atoms with Gasteiger partial charge >= 0.3 is 0 Å². The van der Waals surface area contributed by atoms with Gasteiger partial charge in [-0.15, -0.1) is 11.6 Å². The van der Waals surface area contributed by atoms with Gasteiger partial charge in [-0.3, -0.25) is 9.69 Å². The van der Waals surface area contributed by atoms with Crippen LogP contribution >= 0.6 is 11.6 Å². The molecule has 0 bridgehead atoms. The van der Waals surface area contributed by atoms with Gasteiger partial charge in [0.2, 0.25) is 5.91 Å². The molecule has 1 atom stereocenters. The molecule has 18 heavy (non-hydrogen) atoms. The van der Waals surface area contributed by atoms with Crippen molar-refractivity contribution >= 4 is 17.5 Å². The molecule has 1 N–H and O–H groups in total. The molecule has 0 spiro atoms. The number of hydrogen-bond donors (Lipinski definition) is 1. The molecule has 0 saturated carbocycles. The van der Waals surface area contributed by atoms with Crippen molar-refractivity contribution in [2.24, 2.45) is 0 Å². The zero-order chi connectivity index (χ0) is 12.8. The Morgan fingerprint density at radius 3 is 2.89 bits per heavy atom. The minimum atomic E-state index is -0.0803. The van der Waals surface area contributed by atoms with Gasteiger partial charge in [0, 0.05) is 19.1 Å². The number of alkyl halides is 1. The summed E-state index contributed by atoms with van der Waals surface area (Å²) in [6, 6.07) is 10.9. The predicted octanol–water partition coefficient (Wildman–Crippen LogP) is 2.01. The van der Waals surface area contributed by atoms with E-state index >= 15 is 0 Å². The quantitative estimate of drug-likeness (QED) is 0.827. The lowest BCUT2D eigenvalue weighted by molar-refractivity contribution is -0.118. The average molecular weight is 267 g/mol. The fourth-order valence-corrected chi connectivity index (χ4v) is 2.53. The van der Waals surface area contributed by atoms with Gasteiger partial charge in [-0.1, -0.05) is 30.3 Å². The number of benzene rings is 1. The molecule has 1 heterocycles. The Morgan fingerprint density at radius 1 is 1.39 bits per heavy atom. The summed E-state index contributed by atoms with van der Waals surface area (Å²) in [7, 11) is 0. The lowest BCUT2D eigenvalue weighted by Crippen LogP contribution is -2.40. The zero-order valence-electron chi connectivity index (χ0n) is 10.4. The molecule has 2 rings (SSSR count).